The largest absolute Gasteiger partial charge is 0.494 e. The molecule has 30 heavy (non-hydrogen) atoms. The van der Waals surface area contributed by atoms with Gasteiger partial charge in [-0.15, -0.1) is 0 Å². The van der Waals surface area contributed by atoms with Crippen LogP contribution in [0.2, 0.25) is 0 Å². The molecule has 0 saturated heterocycles. The molecular formula is C21H24FNO6S. The topological polar surface area (TPSA) is 98.8 Å². The Morgan fingerprint density at radius 3 is 2.30 bits per heavy atom. The Morgan fingerprint density at radius 2 is 1.67 bits per heavy atom. The second kappa shape index (κ2) is 11.4. The van der Waals surface area contributed by atoms with Crippen molar-refractivity contribution in [2.75, 3.05) is 19.8 Å². The molecule has 0 aliphatic carbocycles. The first kappa shape index (κ1) is 23.5. The van der Waals surface area contributed by atoms with Gasteiger partial charge in [-0.1, -0.05) is 0 Å². The number of nitrogens with one attached hydrogen (secondary N) is 1. The lowest BCUT2D eigenvalue weighted by Crippen LogP contribution is -2.26. The fourth-order valence-corrected chi connectivity index (χ4v) is 3.56. The Hall–Kier alpha value is -2.78. The van der Waals surface area contributed by atoms with E-state index in [1.807, 2.05) is 6.92 Å². The van der Waals surface area contributed by atoms with E-state index >= 15 is 0 Å². The van der Waals surface area contributed by atoms with E-state index in [0.717, 1.165) is 0 Å². The van der Waals surface area contributed by atoms with Crippen LogP contribution >= 0.6 is 0 Å². The van der Waals surface area contributed by atoms with Crippen LogP contribution in [0, 0.1) is 5.82 Å². The summed E-state index contributed by atoms with van der Waals surface area (Å²) >= 11 is 0. The number of Topliss-reactive ketones (excluding diaryl/α,β-unsaturated/α-hetero) is 1. The molecule has 0 saturated carbocycles. The Kier molecular flexibility index (Phi) is 8.94. The normalized spacial score (nSPS) is 11.1. The average molecular weight is 437 g/mol. The van der Waals surface area contributed by atoms with Crippen molar-refractivity contribution in [3.05, 3.63) is 59.9 Å². The van der Waals surface area contributed by atoms with Crippen LogP contribution in [0.5, 0.6) is 5.75 Å². The second-order valence-corrected chi connectivity index (χ2v) is 8.07. The summed E-state index contributed by atoms with van der Waals surface area (Å²) in [7, 11) is -3.74. The van der Waals surface area contributed by atoms with Gasteiger partial charge in [0.25, 0.3) is 0 Å². The Balaban J connectivity index is 1.66. The minimum absolute atomic E-state index is 0.0391. The molecule has 0 unspecified atom stereocenters. The summed E-state index contributed by atoms with van der Waals surface area (Å²) in [6.45, 7) is 2.24. The fraction of sp³-hybridized carbons (Fsp3) is 0.333. The SMILES string of the molecule is CCOc1ccc(S(=O)(=O)NCCC(=O)OCCCC(=O)c2ccc(F)cc2)cc1. The molecule has 0 bridgehead atoms. The highest BCUT2D eigenvalue weighted by Gasteiger charge is 2.15. The molecule has 0 amide bonds. The zero-order valence-electron chi connectivity index (χ0n) is 16.6. The molecule has 0 spiro atoms. The molecule has 7 nitrogen and oxygen atoms in total. The Bertz CT molecular complexity index is 942. The average Bonchev–Trinajstić information content (AvgIpc) is 2.72. The number of halogens is 1. The third kappa shape index (κ3) is 7.57. The summed E-state index contributed by atoms with van der Waals surface area (Å²) in [5, 5.41) is 0. The van der Waals surface area contributed by atoms with E-state index < -0.39 is 21.8 Å². The molecule has 0 aliphatic heterocycles. The van der Waals surface area contributed by atoms with Crippen molar-refractivity contribution in [2.45, 2.75) is 31.1 Å². The number of rotatable bonds is 12. The van der Waals surface area contributed by atoms with Crippen LogP contribution < -0.4 is 9.46 Å². The first-order valence-electron chi connectivity index (χ1n) is 9.48. The van der Waals surface area contributed by atoms with Crippen LogP contribution in [0.1, 0.15) is 36.5 Å². The van der Waals surface area contributed by atoms with Gasteiger partial charge in [-0.3, -0.25) is 9.59 Å². The van der Waals surface area contributed by atoms with Gasteiger partial charge in [-0.2, -0.15) is 0 Å². The Labute approximate surface area is 175 Å². The van der Waals surface area contributed by atoms with Crippen molar-refractivity contribution in [1.29, 1.82) is 0 Å². The van der Waals surface area contributed by atoms with E-state index in [9.17, 15) is 22.4 Å². The number of carbonyl (C=O) groups excluding carboxylic acids is 2. The summed E-state index contributed by atoms with van der Waals surface area (Å²) in [4.78, 5) is 23.7. The summed E-state index contributed by atoms with van der Waals surface area (Å²) in [5.41, 5.74) is 0.395. The monoisotopic (exact) mass is 437 g/mol. The highest BCUT2D eigenvalue weighted by molar-refractivity contribution is 7.89. The minimum Gasteiger partial charge on any atom is -0.494 e. The first-order chi connectivity index (χ1) is 14.3. The van der Waals surface area contributed by atoms with Crippen LogP contribution in [0.4, 0.5) is 4.39 Å². The van der Waals surface area contributed by atoms with Crippen LogP contribution in [0.25, 0.3) is 0 Å². The van der Waals surface area contributed by atoms with Crippen LogP contribution in [-0.4, -0.2) is 39.9 Å². The number of hydrogen-bond donors (Lipinski definition) is 1. The van der Waals surface area contributed by atoms with Crippen molar-refractivity contribution in [2.24, 2.45) is 0 Å². The van der Waals surface area contributed by atoms with Gasteiger partial charge in [-0.25, -0.2) is 17.5 Å². The first-order valence-corrected chi connectivity index (χ1v) is 11.0. The number of benzene rings is 2. The molecule has 2 aromatic carbocycles. The molecule has 9 heteroatoms. The molecular weight excluding hydrogens is 413 g/mol. The molecule has 162 valence electrons. The lowest BCUT2D eigenvalue weighted by Gasteiger charge is -2.08. The zero-order valence-corrected chi connectivity index (χ0v) is 17.4. The van der Waals surface area contributed by atoms with Gasteiger partial charge >= 0.3 is 5.97 Å². The zero-order chi connectivity index (χ0) is 22.0. The van der Waals surface area contributed by atoms with Crippen molar-refractivity contribution in [3.63, 3.8) is 0 Å². The standard InChI is InChI=1S/C21H24FNO6S/c1-2-28-18-9-11-19(12-10-18)30(26,27)23-14-13-21(25)29-15-3-4-20(24)16-5-7-17(22)8-6-16/h5-12,23H,2-4,13-15H2,1H3. The minimum atomic E-state index is -3.74. The van der Waals surface area contributed by atoms with Gasteiger partial charge in [0.05, 0.1) is 24.5 Å². The molecule has 2 aromatic rings. The van der Waals surface area contributed by atoms with Gasteiger partial charge in [0.1, 0.15) is 11.6 Å². The van der Waals surface area contributed by atoms with Gasteiger partial charge in [0.2, 0.25) is 10.0 Å². The van der Waals surface area contributed by atoms with Crippen molar-refractivity contribution < 1.29 is 31.9 Å². The maximum atomic E-state index is 12.8. The van der Waals surface area contributed by atoms with E-state index in [1.54, 1.807) is 12.1 Å². The van der Waals surface area contributed by atoms with Gasteiger partial charge in [0.15, 0.2) is 5.78 Å². The lowest BCUT2D eigenvalue weighted by atomic mass is 10.1. The van der Waals surface area contributed by atoms with Gasteiger partial charge in [0, 0.05) is 18.5 Å². The van der Waals surface area contributed by atoms with Crippen LogP contribution in [-0.2, 0) is 19.6 Å². The van der Waals surface area contributed by atoms with E-state index in [2.05, 4.69) is 4.72 Å². The van der Waals surface area contributed by atoms with E-state index in [0.29, 0.717) is 24.3 Å². The number of hydrogen-bond acceptors (Lipinski definition) is 6. The van der Waals surface area contributed by atoms with Gasteiger partial charge in [-0.05, 0) is 61.9 Å². The van der Waals surface area contributed by atoms with Crippen molar-refractivity contribution in [3.8, 4) is 5.75 Å². The van der Waals surface area contributed by atoms with E-state index in [-0.39, 0.29) is 36.7 Å². The molecule has 1 N–H and O–H groups in total. The molecule has 0 radical (unpaired) electrons. The maximum Gasteiger partial charge on any atom is 0.307 e. The van der Waals surface area contributed by atoms with Crippen LogP contribution in [0.3, 0.4) is 0 Å². The Morgan fingerprint density at radius 1 is 1.00 bits per heavy atom. The highest BCUT2D eigenvalue weighted by Crippen LogP contribution is 2.15. The summed E-state index contributed by atoms with van der Waals surface area (Å²) in [6.07, 6.45) is 0.339. The molecule has 0 atom stereocenters. The highest BCUT2D eigenvalue weighted by atomic mass is 32.2. The van der Waals surface area contributed by atoms with Gasteiger partial charge < -0.3 is 9.47 Å². The van der Waals surface area contributed by atoms with E-state index in [4.69, 9.17) is 9.47 Å². The third-order valence-corrected chi connectivity index (χ3v) is 5.52. The smallest absolute Gasteiger partial charge is 0.307 e. The number of carbonyl (C=O) groups is 2. The summed E-state index contributed by atoms with van der Waals surface area (Å²) in [5.74, 6) is -0.593. The molecule has 0 aromatic heterocycles. The number of esters is 1. The molecule has 0 aliphatic rings. The lowest BCUT2D eigenvalue weighted by molar-refractivity contribution is -0.143. The summed E-state index contributed by atoms with van der Waals surface area (Å²) in [6, 6.07) is 11.2. The predicted molar refractivity (Wildman–Crippen MR) is 108 cm³/mol. The maximum absolute atomic E-state index is 12.8. The number of ether oxygens (including phenoxy) is 2. The summed E-state index contributed by atoms with van der Waals surface area (Å²) < 4.78 is 49.9. The fourth-order valence-electron chi connectivity index (χ4n) is 2.52. The molecule has 0 heterocycles. The number of ketones is 1. The third-order valence-electron chi connectivity index (χ3n) is 4.04. The van der Waals surface area contributed by atoms with Crippen molar-refractivity contribution >= 4 is 21.8 Å². The second-order valence-electron chi connectivity index (χ2n) is 6.31. The van der Waals surface area contributed by atoms with Crippen molar-refractivity contribution in [1.82, 2.24) is 4.72 Å². The quantitative estimate of drug-likeness (QED) is 0.311. The van der Waals surface area contributed by atoms with Crippen LogP contribution in [0.15, 0.2) is 53.4 Å². The number of sulfonamides is 1. The van der Waals surface area contributed by atoms with E-state index in [1.165, 1.54) is 36.4 Å². The molecule has 0 fully saturated rings. The molecule has 2 rings (SSSR count). The predicted octanol–water partition coefficient (Wildman–Crippen LogP) is 3.10.